The molecule has 38 heavy (non-hydrogen) atoms. The van der Waals surface area contributed by atoms with Gasteiger partial charge in [-0.05, 0) is 36.1 Å². The maximum atomic E-state index is 13.5. The van der Waals surface area contributed by atoms with E-state index in [4.69, 9.17) is 21.1 Å². The number of amides is 2. The molecule has 1 aromatic heterocycles. The van der Waals surface area contributed by atoms with Crippen LogP contribution in [0.3, 0.4) is 0 Å². The van der Waals surface area contributed by atoms with Gasteiger partial charge in [-0.2, -0.15) is 0 Å². The second kappa shape index (κ2) is 11.0. The highest BCUT2D eigenvalue weighted by molar-refractivity contribution is 6.26. The number of alkyl halides is 1. The molecule has 2 N–H and O–H groups in total. The predicted molar refractivity (Wildman–Crippen MR) is 142 cm³/mol. The standard InChI is InChI=1S/C26H32ClN7O4/c1-18(2)13-23(35)34-12-11-33(26(27)6-8-30-25(31-26)32-10-9-28-16-32)15-20(34)24(36)29-7-5-19-3-4-21-22(14-19)38-17-37-21/h3-4,6,8-10,14,16,18,20H,5,7,11-13,15,17H2,1-2H3,(H,29,36)(H,30,31). The molecule has 2 atom stereocenters. The van der Waals surface area contributed by atoms with Crippen molar-refractivity contribution in [2.75, 3.05) is 33.0 Å². The third kappa shape index (κ3) is 5.63. The third-order valence-electron chi connectivity index (χ3n) is 6.72. The Balaban J connectivity index is 1.27. The van der Waals surface area contributed by atoms with Gasteiger partial charge in [0.1, 0.15) is 12.4 Å². The second-order valence-electron chi connectivity index (χ2n) is 9.91. The van der Waals surface area contributed by atoms with Gasteiger partial charge in [-0.15, -0.1) is 0 Å². The summed E-state index contributed by atoms with van der Waals surface area (Å²) < 4.78 is 12.5. The van der Waals surface area contributed by atoms with E-state index in [1.165, 1.54) is 0 Å². The summed E-state index contributed by atoms with van der Waals surface area (Å²) >= 11 is 7.03. The smallest absolute Gasteiger partial charge is 0.244 e. The van der Waals surface area contributed by atoms with Crippen molar-refractivity contribution in [2.24, 2.45) is 10.9 Å². The fraction of sp³-hybridized carbons (Fsp3) is 0.462. The molecule has 3 aliphatic rings. The van der Waals surface area contributed by atoms with Crippen LogP contribution in [0.15, 0.2) is 54.2 Å². The molecular formula is C26H32ClN7O4. The molecule has 2 aromatic rings. The maximum absolute atomic E-state index is 13.5. The summed E-state index contributed by atoms with van der Waals surface area (Å²) in [5, 5.41) is 5.16. The van der Waals surface area contributed by atoms with E-state index in [2.05, 4.69) is 20.6 Å². The van der Waals surface area contributed by atoms with Crippen molar-refractivity contribution in [1.29, 1.82) is 0 Å². The number of aliphatic imine (C=N–C) groups is 1. The number of nitrogens with zero attached hydrogens (tertiary/aromatic N) is 5. The highest BCUT2D eigenvalue weighted by Crippen LogP contribution is 2.32. The summed E-state index contributed by atoms with van der Waals surface area (Å²) in [6.45, 7) is 5.76. The molecule has 0 spiro atoms. The molecule has 12 heteroatoms. The first-order chi connectivity index (χ1) is 18.3. The largest absolute Gasteiger partial charge is 0.454 e. The number of hydrogen-bond acceptors (Lipinski definition) is 8. The zero-order valence-electron chi connectivity index (χ0n) is 21.5. The first kappa shape index (κ1) is 26.1. The number of nitrogens with one attached hydrogen (secondary N) is 2. The Bertz CT molecular complexity index is 1230. The molecule has 0 aliphatic carbocycles. The normalized spacial score (nSPS) is 22.8. The fourth-order valence-corrected chi connectivity index (χ4v) is 5.04. The van der Waals surface area contributed by atoms with E-state index in [0.717, 1.165) is 11.3 Å². The number of carbonyl (C=O) groups excluding carboxylic acids is 2. The minimum atomic E-state index is -1.11. The fourth-order valence-electron chi connectivity index (χ4n) is 4.75. The quantitative estimate of drug-likeness (QED) is 0.405. The number of fused-ring (bicyclic) bond motifs is 1. The zero-order valence-corrected chi connectivity index (χ0v) is 22.2. The molecule has 1 aromatic carbocycles. The van der Waals surface area contributed by atoms with Crippen molar-refractivity contribution in [1.82, 2.24) is 30.0 Å². The van der Waals surface area contributed by atoms with Crippen LogP contribution in [-0.4, -0.2) is 81.3 Å². The highest BCUT2D eigenvalue weighted by Gasteiger charge is 2.43. The van der Waals surface area contributed by atoms with E-state index >= 15 is 0 Å². The number of aromatic nitrogens is 2. The van der Waals surface area contributed by atoms with Crippen LogP contribution in [0.25, 0.3) is 0 Å². The van der Waals surface area contributed by atoms with Gasteiger partial charge in [-0.3, -0.25) is 19.1 Å². The SMILES string of the molecule is CC(C)CC(=O)N1CCN(C2(Cl)C=CN=C(n3ccnc3)N2)CC1C(=O)NCCc1ccc2c(c1)OCO2. The Hall–Kier alpha value is -3.57. The lowest BCUT2D eigenvalue weighted by molar-refractivity contribution is -0.145. The molecule has 1 fully saturated rings. The van der Waals surface area contributed by atoms with E-state index in [9.17, 15) is 9.59 Å². The van der Waals surface area contributed by atoms with E-state index in [-0.39, 0.29) is 31.1 Å². The molecule has 11 nitrogen and oxygen atoms in total. The third-order valence-corrected chi connectivity index (χ3v) is 7.18. The number of rotatable bonds is 7. The monoisotopic (exact) mass is 541 g/mol. The highest BCUT2D eigenvalue weighted by atomic mass is 35.5. The summed E-state index contributed by atoms with van der Waals surface area (Å²) in [5.41, 5.74) is 1.02. The lowest BCUT2D eigenvalue weighted by Gasteiger charge is -2.47. The van der Waals surface area contributed by atoms with Crippen LogP contribution in [0.5, 0.6) is 11.5 Å². The van der Waals surface area contributed by atoms with Crippen molar-refractivity contribution in [3.8, 4) is 11.5 Å². The van der Waals surface area contributed by atoms with Gasteiger partial charge in [0.05, 0.1) is 0 Å². The van der Waals surface area contributed by atoms with Gasteiger partial charge in [0, 0.05) is 51.2 Å². The van der Waals surface area contributed by atoms with Crippen LogP contribution in [0.1, 0.15) is 25.8 Å². The van der Waals surface area contributed by atoms with Crippen LogP contribution < -0.4 is 20.1 Å². The summed E-state index contributed by atoms with van der Waals surface area (Å²) in [6, 6.07) is 5.07. The zero-order chi connectivity index (χ0) is 26.7. The first-order valence-electron chi connectivity index (χ1n) is 12.7. The van der Waals surface area contributed by atoms with E-state index in [0.29, 0.717) is 44.2 Å². The lowest BCUT2D eigenvalue weighted by atomic mass is 10.1. The summed E-state index contributed by atoms with van der Waals surface area (Å²) in [4.78, 5) is 38.6. The maximum Gasteiger partial charge on any atom is 0.244 e. The van der Waals surface area contributed by atoms with Crippen LogP contribution in [0, 0.1) is 5.92 Å². The van der Waals surface area contributed by atoms with Crippen molar-refractivity contribution in [3.63, 3.8) is 0 Å². The molecule has 2 amide bonds. The summed E-state index contributed by atoms with van der Waals surface area (Å²) in [5.74, 6) is 1.89. The average Bonchev–Trinajstić information content (AvgIpc) is 3.60. The van der Waals surface area contributed by atoms with Crippen molar-refractivity contribution in [2.45, 2.75) is 37.9 Å². The number of benzene rings is 1. The molecule has 202 valence electrons. The number of ether oxygens (including phenoxy) is 2. The Morgan fingerprint density at radius 2 is 2.11 bits per heavy atom. The molecule has 0 bridgehead atoms. The minimum Gasteiger partial charge on any atom is -0.454 e. The van der Waals surface area contributed by atoms with Crippen molar-refractivity contribution < 1.29 is 19.1 Å². The first-order valence-corrected chi connectivity index (χ1v) is 13.1. The number of imidazole rings is 1. The van der Waals surface area contributed by atoms with Crippen LogP contribution in [0.2, 0.25) is 0 Å². The molecule has 4 heterocycles. The lowest BCUT2D eigenvalue weighted by Crippen LogP contribution is -2.68. The molecule has 0 saturated carbocycles. The number of carbonyl (C=O) groups is 2. The topological polar surface area (TPSA) is 113 Å². The molecule has 1 saturated heterocycles. The number of hydrogen-bond donors (Lipinski definition) is 2. The Morgan fingerprint density at radius 1 is 1.26 bits per heavy atom. The van der Waals surface area contributed by atoms with Crippen LogP contribution >= 0.6 is 11.6 Å². The molecule has 3 aliphatic heterocycles. The van der Waals surface area contributed by atoms with E-state index in [1.54, 1.807) is 40.5 Å². The van der Waals surface area contributed by atoms with E-state index in [1.807, 2.05) is 36.9 Å². The van der Waals surface area contributed by atoms with Gasteiger partial charge >= 0.3 is 0 Å². The van der Waals surface area contributed by atoms with Gasteiger partial charge in [0.25, 0.3) is 0 Å². The molecule has 0 radical (unpaired) electrons. The van der Waals surface area contributed by atoms with Crippen molar-refractivity contribution >= 4 is 29.4 Å². The van der Waals surface area contributed by atoms with Gasteiger partial charge in [-0.1, -0.05) is 31.5 Å². The average molecular weight is 542 g/mol. The Kier molecular flexibility index (Phi) is 7.57. The van der Waals surface area contributed by atoms with Gasteiger partial charge < -0.3 is 25.0 Å². The van der Waals surface area contributed by atoms with E-state index < -0.39 is 11.2 Å². The summed E-state index contributed by atoms with van der Waals surface area (Å²) in [7, 11) is 0. The Morgan fingerprint density at radius 3 is 2.89 bits per heavy atom. The number of halogens is 1. The molecular weight excluding hydrogens is 510 g/mol. The van der Waals surface area contributed by atoms with Gasteiger partial charge in [0.15, 0.2) is 16.6 Å². The van der Waals surface area contributed by atoms with Gasteiger partial charge in [0.2, 0.25) is 24.6 Å². The van der Waals surface area contributed by atoms with Crippen LogP contribution in [0.4, 0.5) is 0 Å². The van der Waals surface area contributed by atoms with Crippen LogP contribution in [-0.2, 0) is 16.0 Å². The van der Waals surface area contributed by atoms with Gasteiger partial charge in [-0.25, -0.2) is 9.98 Å². The Labute approximate surface area is 226 Å². The predicted octanol–water partition coefficient (Wildman–Crippen LogP) is 1.74. The van der Waals surface area contributed by atoms with Crippen molar-refractivity contribution in [3.05, 3.63) is 54.8 Å². The summed E-state index contributed by atoms with van der Waals surface area (Å²) in [6.07, 6.45) is 9.42. The molecule has 2 unspecified atom stereocenters. The minimum absolute atomic E-state index is 0.0352. The molecule has 5 rings (SSSR count). The second-order valence-corrected chi connectivity index (χ2v) is 10.5. The number of piperazine rings is 1.